The number of alkyl halides is 3. The van der Waals surface area contributed by atoms with Crippen LogP contribution in [0.4, 0.5) is 13.2 Å². The minimum absolute atomic E-state index is 0.116. The van der Waals surface area contributed by atoms with E-state index < -0.39 is 35.3 Å². The van der Waals surface area contributed by atoms with Crippen LogP contribution in [0.25, 0.3) is 5.76 Å². The summed E-state index contributed by atoms with van der Waals surface area (Å²) < 4.78 is 78.6. The molecule has 0 N–H and O–H groups in total. The highest BCUT2D eigenvalue weighted by Gasteiger charge is 2.50. The molecule has 176 valence electrons. The normalized spacial score (nSPS) is 16.8. The molecule has 0 saturated carbocycles. The van der Waals surface area contributed by atoms with Gasteiger partial charge in [0, 0.05) is 12.1 Å². The Bertz CT molecular complexity index is 928. The fraction of sp³-hybridized carbons (Fsp3) is 0.619. The van der Waals surface area contributed by atoms with Crippen molar-refractivity contribution in [1.29, 1.82) is 0 Å². The lowest BCUT2D eigenvalue weighted by atomic mass is 10.0. The van der Waals surface area contributed by atoms with Crippen molar-refractivity contribution in [3.8, 4) is 11.5 Å². The molecule has 1 aromatic carbocycles. The highest BCUT2D eigenvalue weighted by atomic mass is 32.2. The Morgan fingerprint density at radius 1 is 1.00 bits per heavy atom. The van der Waals surface area contributed by atoms with Crippen LogP contribution in [0.2, 0.25) is 16.6 Å². The minimum atomic E-state index is -5.81. The van der Waals surface area contributed by atoms with Crippen molar-refractivity contribution in [2.24, 2.45) is 0 Å². The lowest BCUT2D eigenvalue weighted by molar-refractivity contribution is -0.0510. The second-order valence-corrected chi connectivity index (χ2v) is 16.2. The first-order valence-corrected chi connectivity index (χ1v) is 13.7. The maximum atomic E-state index is 12.8. The third-order valence-corrected chi connectivity index (χ3v) is 12.5. The summed E-state index contributed by atoms with van der Waals surface area (Å²) in [6, 6.07) is 4.69. The highest BCUT2D eigenvalue weighted by Crippen LogP contribution is 2.45. The van der Waals surface area contributed by atoms with Crippen molar-refractivity contribution in [2.45, 2.75) is 83.1 Å². The van der Waals surface area contributed by atoms with Crippen LogP contribution in [0.1, 0.15) is 61.0 Å². The smallest absolute Gasteiger partial charge is 0.534 e. The minimum Gasteiger partial charge on any atom is -0.543 e. The third-order valence-electron chi connectivity index (χ3n) is 5.55. The van der Waals surface area contributed by atoms with Crippen molar-refractivity contribution in [3.63, 3.8) is 0 Å². The monoisotopic (exact) mass is 480 g/mol. The maximum absolute atomic E-state index is 12.8. The first-order valence-electron chi connectivity index (χ1n) is 10.2. The fourth-order valence-electron chi connectivity index (χ4n) is 4.35. The Morgan fingerprint density at radius 3 is 1.97 bits per heavy atom. The van der Waals surface area contributed by atoms with E-state index >= 15 is 0 Å². The molecule has 0 atom stereocenters. The van der Waals surface area contributed by atoms with Crippen molar-refractivity contribution < 1.29 is 34.9 Å². The molecule has 31 heavy (non-hydrogen) atoms. The van der Waals surface area contributed by atoms with E-state index in [1.54, 1.807) is 26.0 Å². The van der Waals surface area contributed by atoms with Gasteiger partial charge >= 0.3 is 15.6 Å². The number of benzene rings is 1. The van der Waals surface area contributed by atoms with Crippen LogP contribution in [0, 0.1) is 0 Å². The second-order valence-electron chi connectivity index (χ2n) is 9.27. The molecule has 0 radical (unpaired) electrons. The van der Waals surface area contributed by atoms with E-state index in [9.17, 15) is 21.6 Å². The van der Waals surface area contributed by atoms with Crippen LogP contribution in [-0.4, -0.2) is 27.8 Å². The second kappa shape index (κ2) is 8.35. The van der Waals surface area contributed by atoms with Gasteiger partial charge in [-0.25, -0.2) is 0 Å². The molecule has 10 heteroatoms. The number of rotatable bonds is 7. The summed E-state index contributed by atoms with van der Waals surface area (Å²) in [4.78, 5) is 0. The first-order chi connectivity index (χ1) is 13.9. The molecule has 1 aliphatic rings. The van der Waals surface area contributed by atoms with Gasteiger partial charge in [0.1, 0.15) is 17.1 Å². The summed E-state index contributed by atoms with van der Waals surface area (Å²) >= 11 is 0. The van der Waals surface area contributed by atoms with Gasteiger partial charge in [0.2, 0.25) is 0 Å². The average molecular weight is 481 g/mol. The summed E-state index contributed by atoms with van der Waals surface area (Å²) in [5.41, 5.74) is -5.54. The van der Waals surface area contributed by atoms with Crippen LogP contribution in [0.5, 0.6) is 11.5 Å². The number of ether oxygens (including phenoxy) is 1. The van der Waals surface area contributed by atoms with E-state index in [4.69, 9.17) is 9.16 Å². The number of fused-ring (bicyclic) bond motifs is 1. The van der Waals surface area contributed by atoms with Crippen molar-refractivity contribution >= 4 is 24.2 Å². The molecule has 0 spiro atoms. The molecule has 1 aromatic rings. The highest BCUT2D eigenvalue weighted by molar-refractivity contribution is 7.87. The van der Waals surface area contributed by atoms with Crippen molar-refractivity contribution in [1.82, 2.24) is 0 Å². The van der Waals surface area contributed by atoms with Crippen LogP contribution >= 0.6 is 0 Å². The van der Waals surface area contributed by atoms with Gasteiger partial charge in [0.15, 0.2) is 5.76 Å². The molecule has 0 bridgehead atoms. The molecule has 0 unspecified atom stereocenters. The largest absolute Gasteiger partial charge is 0.543 e. The van der Waals surface area contributed by atoms with Crippen LogP contribution in [0.3, 0.4) is 0 Å². The van der Waals surface area contributed by atoms with Gasteiger partial charge in [0.25, 0.3) is 8.32 Å². The van der Waals surface area contributed by atoms with Crippen molar-refractivity contribution in [2.75, 3.05) is 0 Å². The summed E-state index contributed by atoms with van der Waals surface area (Å²) in [5.74, 6) is 0.323. The van der Waals surface area contributed by atoms with E-state index in [0.717, 1.165) is 0 Å². The van der Waals surface area contributed by atoms with Gasteiger partial charge < -0.3 is 13.3 Å². The zero-order chi connectivity index (χ0) is 24.0. The fourth-order valence-corrected chi connectivity index (χ4v) is 10.1. The number of hydrogen-bond donors (Lipinski definition) is 0. The van der Waals surface area contributed by atoms with Gasteiger partial charge in [-0.1, -0.05) is 41.5 Å². The molecule has 1 heterocycles. The van der Waals surface area contributed by atoms with E-state index in [0.29, 0.717) is 22.4 Å². The van der Waals surface area contributed by atoms with Gasteiger partial charge in [-0.15, -0.1) is 0 Å². The molecular formula is C21H31F3O5SSi. The molecular weight excluding hydrogens is 449 g/mol. The number of hydrogen-bond acceptors (Lipinski definition) is 5. The topological polar surface area (TPSA) is 61.8 Å². The van der Waals surface area contributed by atoms with Crippen LogP contribution in [-0.2, 0) is 14.3 Å². The van der Waals surface area contributed by atoms with Gasteiger partial charge in [-0.05, 0) is 42.6 Å². The molecule has 0 amide bonds. The van der Waals surface area contributed by atoms with Crippen molar-refractivity contribution in [3.05, 3.63) is 29.8 Å². The Labute approximate surface area is 183 Å². The predicted molar refractivity (Wildman–Crippen MR) is 117 cm³/mol. The predicted octanol–water partition coefficient (Wildman–Crippen LogP) is 6.62. The zero-order valence-electron chi connectivity index (χ0n) is 19.1. The molecule has 0 fully saturated rings. The van der Waals surface area contributed by atoms with Gasteiger partial charge in [-0.2, -0.15) is 21.6 Å². The first kappa shape index (κ1) is 25.6. The summed E-state index contributed by atoms with van der Waals surface area (Å²) in [7, 11) is -8.09. The van der Waals surface area contributed by atoms with E-state index in [1.165, 1.54) is 12.1 Å². The zero-order valence-corrected chi connectivity index (χ0v) is 20.9. The molecule has 2 rings (SSSR count). The van der Waals surface area contributed by atoms with Gasteiger partial charge in [0.05, 0.1) is 5.56 Å². The lowest BCUT2D eigenvalue weighted by Crippen LogP contribution is -2.50. The molecule has 5 nitrogen and oxygen atoms in total. The maximum Gasteiger partial charge on any atom is 0.534 e. The Balaban J connectivity index is 2.51. The Morgan fingerprint density at radius 2 is 1.52 bits per heavy atom. The molecule has 0 aliphatic carbocycles. The molecule has 0 saturated heterocycles. The lowest BCUT2D eigenvalue weighted by Gasteiger charge is -2.42. The molecule has 1 aliphatic heterocycles. The van der Waals surface area contributed by atoms with Crippen LogP contribution < -0.4 is 9.16 Å². The van der Waals surface area contributed by atoms with E-state index in [1.807, 2.05) is 0 Å². The Hall–Kier alpha value is -1.68. The third kappa shape index (κ3) is 5.05. The summed E-state index contributed by atoms with van der Waals surface area (Å²) in [6.07, 6.45) is 1.22. The average Bonchev–Trinajstić information content (AvgIpc) is 2.55. The van der Waals surface area contributed by atoms with Gasteiger partial charge in [-0.3, -0.25) is 0 Å². The van der Waals surface area contributed by atoms with E-state index in [-0.39, 0.29) is 11.3 Å². The van der Waals surface area contributed by atoms with E-state index in [2.05, 4.69) is 45.7 Å². The summed E-state index contributed by atoms with van der Waals surface area (Å²) in [5, 5.41) is 0. The quantitative estimate of drug-likeness (QED) is 0.249. The SMILES string of the molecule is CC(C)[Si](Oc1ccc2c(c1)OC(C)(C)C=C2OS(=O)(=O)C(F)(F)F)(C(C)C)C(C)C. The standard InChI is InChI=1S/C21H31F3O5SSi/c1-13(2)31(14(3)4,15(5)6)29-16-9-10-17-18(11-16)27-20(7,8)12-19(17)28-30(25,26)21(22,23)24/h9-15H,1-8H3. The summed E-state index contributed by atoms with van der Waals surface area (Å²) in [6.45, 7) is 16.0. The Kier molecular flexibility index (Phi) is 6.89. The molecule has 0 aromatic heterocycles. The number of halogens is 3. The van der Waals surface area contributed by atoms with Crippen LogP contribution in [0.15, 0.2) is 24.3 Å².